The maximum atomic E-state index is 14.8. The van der Waals surface area contributed by atoms with Crippen LogP contribution in [0.25, 0.3) is 28.1 Å². The van der Waals surface area contributed by atoms with E-state index in [2.05, 4.69) is 5.10 Å². The molecule has 0 unspecified atom stereocenters. The van der Waals surface area contributed by atoms with Crippen LogP contribution in [-0.4, -0.2) is 29.6 Å². The van der Waals surface area contributed by atoms with Crippen molar-refractivity contribution in [2.75, 3.05) is 6.26 Å². The van der Waals surface area contributed by atoms with Gasteiger partial charge in [-0.2, -0.15) is 5.10 Å². The second-order valence-corrected chi connectivity index (χ2v) is 11.4. The maximum absolute atomic E-state index is 14.8. The van der Waals surface area contributed by atoms with Crippen molar-refractivity contribution in [1.82, 2.24) is 9.78 Å². The van der Waals surface area contributed by atoms with Gasteiger partial charge in [-0.25, -0.2) is 21.9 Å². The first-order valence-electron chi connectivity index (χ1n) is 10.3. The molecule has 0 aliphatic heterocycles. The molecule has 4 rings (SSSR count). The molecular formula is C25H20Cl2F2N2O3S. The standard InChI is InChI=1S/C25H20Cl2F2N2O3S/c1-25(2,32)24-21(27)23(17-8-5-9-19(28)22(17)29)31(30-24)20-11-10-15(13-18(20)26)14-6-4-7-16(12-14)35(3,33)34/h4-13,32H,1-3H3. The fraction of sp³-hybridized carbons (Fsp3) is 0.160. The lowest BCUT2D eigenvalue weighted by Gasteiger charge is -2.14. The number of hydrogen-bond donors (Lipinski definition) is 1. The molecule has 1 heterocycles. The molecule has 0 spiro atoms. The number of nitrogens with zero attached hydrogens (tertiary/aromatic N) is 2. The Hall–Kier alpha value is -2.78. The van der Waals surface area contributed by atoms with E-state index >= 15 is 0 Å². The van der Waals surface area contributed by atoms with Gasteiger partial charge >= 0.3 is 0 Å². The monoisotopic (exact) mass is 536 g/mol. The van der Waals surface area contributed by atoms with Crippen molar-refractivity contribution in [2.45, 2.75) is 24.3 Å². The minimum Gasteiger partial charge on any atom is -0.384 e. The number of benzene rings is 3. The highest BCUT2D eigenvalue weighted by Crippen LogP contribution is 2.40. The summed E-state index contributed by atoms with van der Waals surface area (Å²) >= 11 is 13.1. The van der Waals surface area contributed by atoms with E-state index in [0.717, 1.165) is 12.3 Å². The molecule has 1 N–H and O–H groups in total. The minimum atomic E-state index is -3.41. The van der Waals surface area contributed by atoms with Crippen LogP contribution in [0.5, 0.6) is 0 Å². The number of halogens is 4. The van der Waals surface area contributed by atoms with Crippen molar-refractivity contribution in [3.8, 4) is 28.1 Å². The van der Waals surface area contributed by atoms with Crippen LogP contribution in [0.2, 0.25) is 10.0 Å². The summed E-state index contributed by atoms with van der Waals surface area (Å²) in [6.07, 6.45) is 1.12. The molecule has 0 amide bonds. The van der Waals surface area contributed by atoms with Crippen LogP contribution in [-0.2, 0) is 15.4 Å². The third kappa shape index (κ3) is 4.84. The summed E-state index contributed by atoms with van der Waals surface area (Å²) in [6, 6.07) is 15.0. The van der Waals surface area contributed by atoms with Gasteiger partial charge in [0.05, 0.1) is 26.3 Å². The van der Waals surface area contributed by atoms with Gasteiger partial charge in [-0.05, 0) is 61.4 Å². The fourth-order valence-electron chi connectivity index (χ4n) is 3.65. The van der Waals surface area contributed by atoms with E-state index in [9.17, 15) is 22.3 Å². The predicted molar refractivity (Wildman–Crippen MR) is 133 cm³/mol. The molecule has 0 saturated heterocycles. The molecule has 0 aliphatic carbocycles. The van der Waals surface area contributed by atoms with Crippen LogP contribution >= 0.6 is 23.2 Å². The van der Waals surface area contributed by atoms with Crippen molar-refractivity contribution in [3.05, 3.63) is 88.0 Å². The predicted octanol–water partition coefficient (Wildman–Crippen LogP) is 6.42. The molecule has 0 radical (unpaired) electrons. The van der Waals surface area contributed by atoms with E-state index in [1.165, 1.54) is 42.8 Å². The van der Waals surface area contributed by atoms with Crippen LogP contribution < -0.4 is 0 Å². The highest BCUT2D eigenvalue weighted by molar-refractivity contribution is 7.90. The largest absolute Gasteiger partial charge is 0.384 e. The van der Waals surface area contributed by atoms with Crippen molar-refractivity contribution in [1.29, 1.82) is 0 Å². The van der Waals surface area contributed by atoms with Gasteiger partial charge in [0, 0.05) is 11.8 Å². The molecule has 1 aromatic heterocycles. The number of sulfone groups is 1. The minimum absolute atomic E-state index is 0.0227. The second-order valence-electron chi connectivity index (χ2n) is 8.55. The lowest BCUT2D eigenvalue weighted by Crippen LogP contribution is -2.17. The zero-order chi connectivity index (χ0) is 25.7. The molecule has 182 valence electrons. The highest BCUT2D eigenvalue weighted by atomic mass is 35.5. The SMILES string of the molecule is CC(C)(O)c1nn(-c2ccc(-c3cccc(S(C)(=O)=O)c3)cc2Cl)c(-c2cccc(F)c2F)c1Cl. The van der Waals surface area contributed by atoms with E-state index in [1.54, 1.807) is 30.3 Å². The molecule has 5 nitrogen and oxygen atoms in total. The summed E-state index contributed by atoms with van der Waals surface area (Å²) in [6.45, 7) is 2.94. The Morgan fingerprint density at radius 1 is 0.971 bits per heavy atom. The van der Waals surface area contributed by atoms with E-state index in [-0.39, 0.29) is 31.9 Å². The van der Waals surface area contributed by atoms with Crippen molar-refractivity contribution < 1.29 is 22.3 Å². The van der Waals surface area contributed by atoms with Gasteiger partial charge in [0.1, 0.15) is 11.3 Å². The number of rotatable bonds is 5. The number of hydrogen-bond acceptors (Lipinski definition) is 4. The fourth-order valence-corrected chi connectivity index (χ4v) is 5.03. The summed E-state index contributed by atoms with van der Waals surface area (Å²) in [4.78, 5) is 0.160. The second kappa shape index (κ2) is 9.02. The van der Waals surface area contributed by atoms with Crippen LogP contribution in [0.1, 0.15) is 19.5 Å². The van der Waals surface area contributed by atoms with Gasteiger partial charge in [0.2, 0.25) is 0 Å². The molecular weight excluding hydrogens is 517 g/mol. The molecule has 0 aliphatic rings. The first-order valence-corrected chi connectivity index (χ1v) is 13.0. The molecule has 0 fully saturated rings. The maximum Gasteiger partial charge on any atom is 0.175 e. The normalized spacial score (nSPS) is 12.2. The lowest BCUT2D eigenvalue weighted by molar-refractivity contribution is 0.0735. The molecule has 10 heteroatoms. The van der Waals surface area contributed by atoms with Crippen LogP contribution in [0.4, 0.5) is 8.78 Å². The van der Waals surface area contributed by atoms with Crippen molar-refractivity contribution in [2.24, 2.45) is 0 Å². The smallest absolute Gasteiger partial charge is 0.175 e. The van der Waals surface area contributed by atoms with Gasteiger partial charge in [0.15, 0.2) is 21.5 Å². The summed E-state index contributed by atoms with van der Waals surface area (Å²) < 4.78 is 53.9. The average molecular weight is 537 g/mol. The first kappa shape index (κ1) is 25.3. The zero-order valence-electron chi connectivity index (χ0n) is 18.9. The zero-order valence-corrected chi connectivity index (χ0v) is 21.2. The van der Waals surface area contributed by atoms with Gasteiger partial charge in [-0.3, -0.25) is 0 Å². The van der Waals surface area contributed by atoms with Gasteiger partial charge in [-0.15, -0.1) is 0 Å². The van der Waals surface area contributed by atoms with Crippen LogP contribution in [0.15, 0.2) is 65.6 Å². The van der Waals surface area contributed by atoms with Gasteiger partial charge in [-0.1, -0.05) is 47.5 Å². The van der Waals surface area contributed by atoms with Crippen molar-refractivity contribution in [3.63, 3.8) is 0 Å². The van der Waals surface area contributed by atoms with Gasteiger partial charge in [0.25, 0.3) is 0 Å². The van der Waals surface area contributed by atoms with E-state index in [4.69, 9.17) is 23.2 Å². The average Bonchev–Trinajstić information content (AvgIpc) is 3.12. The molecule has 0 saturated carbocycles. The molecule has 3 aromatic carbocycles. The third-order valence-electron chi connectivity index (χ3n) is 5.39. The van der Waals surface area contributed by atoms with E-state index < -0.39 is 27.1 Å². The van der Waals surface area contributed by atoms with E-state index in [1.807, 2.05) is 0 Å². The molecule has 35 heavy (non-hydrogen) atoms. The summed E-state index contributed by atoms with van der Waals surface area (Å²) in [5.41, 5.74) is -0.0189. The number of aliphatic hydroxyl groups is 1. The topological polar surface area (TPSA) is 72.2 Å². The lowest BCUT2D eigenvalue weighted by atomic mass is 10.0. The Morgan fingerprint density at radius 3 is 2.26 bits per heavy atom. The molecule has 4 aromatic rings. The van der Waals surface area contributed by atoms with Crippen LogP contribution in [0.3, 0.4) is 0 Å². The Bertz CT molecular complexity index is 1560. The summed E-state index contributed by atoms with van der Waals surface area (Å²) in [7, 11) is -3.41. The van der Waals surface area contributed by atoms with E-state index in [0.29, 0.717) is 16.8 Å². The molecule has 0 atom stereocenters. The summed E-state index contributed by atoms with van der Waals surface area (Å²) in [5.74, 6) is -2.19. The first-order chi connectivity index (χ1) is 16.3. The third-order valence-corrected chi connectivity index (χ3v) is 7.16. The quantitative estimate of drug-likeness (QED) is 0.319. The summed E-state index contributed by atoms with van der Waals surface area (Å²) in [5, 5.41) is 15.1. The number of aromatic nitrogens is 2. The Balaban J connectivity index is 1.92. The molecule has 0 bridgehead atoms. The highest BCUT2D eigenvalue weighted by Gasteiger charge is 2.31. The van der Waals surface area contributed by atoms with Crippen LogP contribution in [0, 0.1) is 11.6 Å². The van der Waals surface area contributed by atoms with Gasteiger partial charge < -0.3 is 5.11 Å². The Kier molecular flexibility index (Phi) is 6.53. The Labute approximate surface area is 211 Å². The van der Waals surface area contributed by atoms with Crippen molar-refractivity contribution >= 4 is 33.0 Å². The Morgan fingerprint density at radius 2 is 1.63 bits per heavy atom.